The van der Waals surface area contributed by atoms with Gasteiger partial charge in [-0.15, -0.1) is 16.5 Å². The van der Waals surface area contributed by atoms with Crippen molar-refractivity contribution in [1.82, 2.24) is 0 Å². The fourth-order valence-electron chi connectivity index (χ4n) is 1.03. The molecule has 0 radical (unpaired) electrons. The van der Waals surface area contributed by atoms with Crippen LogP contribution in [0.25, 0.3) is 0 Å². The van der Waals surface area contributed by atoms with Gasteiger partial charge >= 0.3 is 0 Å². The van der Waals surface area contributed by atoms with Crippen LogP contribution in [-0.4, -0.2) is 4.46 Å². The fraction of sp³-hybridized carbons (Fsp3) is 0.333. The molecule has 0 amide bonds. The Labute approximate surface area is 97.1 Å². The van der Waals surface area contributed by atoms with Gasteiger partial charge in [-0.25, -0.2) is 0 Å². The molecule has 5 heteroatoms. The number of nitroso groups, excluding NO2 is 1. The van der Waals surface area contributed by atoms with Gasteiger partial charge in [0, 0.05) is 6.42 Å². The first-order valence-electron chi connectivity index (χ1n) is 3.96. The number of nitrogens with zero attached hydrogens (tertiary/aromatic N) is 1. The van der Waals surface area contributed by atoms with Crippen molar-refractivity contribution >= 4 is 34.8 Å². The third-order valence-corrected chi connectivity index (χ3v) is 2.57. The molecular formula is C9H8Cl3NO. The van der Waals surface area contributed by atoms with E-state index in [2.05, 4.69) is 5.18 Å². The molecule has 0 spiro atoms. The second-order valence-corrected chi connectivity index (χ2v) is 4.81. The lowest BCUT2D eigenvalue weighted by Crippen LogP contribution is -2.11. The van der Waals surface area contributed by atoms with Crippen molar-refractivity contribution < 1.29 is 0 Å². The molecular weight excluding hydrogens is 244 g/mol. The summed E-state index contributed by atoms with van der Waals surface area (Å²) in [7, 11) is 0. The molecule has 0 saturated heterocycles. The van der Waals surface area contributed by atoms with Crippen LogP contribution in [0, 0.1) is 4.91 Å². The zero-order valence-corrected chi connectivity index (χ0v) is 9.43. The minimum absolute atomic E-state index is 0.0885. The van der Waals surface area contributed by atoms with Crippen molar-refractivity contribution in [3.63, 3.8) is 0 Å². The van der Waals surface area contributed by atoms with E-state index in [-0.39, 0.29) is 6.42 Å². The summed E-state index contributed by atoms with van der Waals surface area (Å²) in [5.74, 6) is 0. The van der Waals surface area contributed by atoms with E-state index in [9.17, 15) is 4.91 Å². The normalized spacial score (nSPS) is 13.6. The van der Waals surface area contributed by atoms with Gasteiger partial charge < -0.3 is 0 Å². The second kappa shape index (κ2) is 4.96. The lowest BCUT2D eigenvalue weighted by Gasteiger charge is -2.15. The minimum atomic E-state index is -1.65. The summed E-state index contributed by atoms with van der Waals surface area (Å²) in [5, 5.41) is 2.17. The summed E-state index contributed by atoms with van der Waals surface area (Å²) in [4.78, 5) is 10.2. The van der Waals surface area contributed by atoms with Crippen LogP contribution in [0.1, 0.15) is 17.4 Å². The maximum absolute atomic E-state index is 10.2. The van der Waals surface area contributed by atoms with E-state index in [4.69, 9.17) is 34.8 Å². The third-order valence-electron chi connectivity index (χ3n) is 1.72. The monoisotopic (exact) mass is 251 g/mol. The van der Waals surface area contributed by atoms with Gasteiger partial charge in [-0.2, -0.15) is 0 Å². The molecule has 0 fully saturated rings. The molecule has 1 aromatic rings. The van der Waals surface area contributed by atoms with Crippen molar-refractivity contribution in [2.45, 2.75) is 16.3 Å². The van der Waals surface area contributed by atoms with E-state index in [1.54, 1.807) is 0 Å². The van der Waals surface area contributed by atoms with Gasteiger partial charge in [0.2, 0.25) is 4.46 Å². The molecule has 1 aromatic carbocycles. The standard InChI is InChI=1S/C9H8Cl3NO/c10-8(6-9(11,12)13-14)7-4-2-1-3-5-7/h1-5,8H,6H2/t8-/m1/s1. The SMILES string of the molecule is O=NC(Cl)(Cl)C[C@@H](Cl)c1ccccc1. The van der Waals surface area contributed by atoms with Crippen LogP contribution >= 0.6 is 34.8 Å². The predicted octanol–water partition coefficient (Wildman–Crippen LogP) is 4.25. The van der Waals surface area contributed by atoms with E-state index >= 15 is 0 Å². The van der Waals surface area contributed by atoms with E-state index in [0.717, 1.165) is 5.56 Å². The number of rotatable bonds is 4. The Morgan fingerprint density at radius 2 is 1.86 bits per heavy atom. The highest BCUT2D eigenvalue weighted by atomic mass is 35.5. The Morgan fingerprint density at radius 1 is 1.29 bits per heavy atom. The molecule has 0 bridgehead atoms. The summed E-state index contributed by atoms with van der Waals surface area (Å²) in [6, 6.07) is 9.25. The zero-order valence-electron chi connectivity index (χ0n) is 7.16. The summed E-state index contributed by atoms with van der Waals surface area (Å²) < 4.78 is -1.65. The zero-order chi connectivity index (χ0) is 10.6. The summed E-state index contributed by atoms with van der Waals surface area (Å²) in [5.41, 5.74) is 0.864. The molecule has 1 atom stereocenters. The van der Waals surface area contributed by atoms with Crippen molar-refractivity contribution in [3.8, 4) is 0 Å². The topological polar surface area (TPSA) is 29.4 Å². The predicted molar refractivity (Wildman–Crippen MR) is 59.9 cm³/mol. The van der Waals surface area contributed by atoms with Gasteiger partial charge in [0.15, 0.2) is 0 Å². The quantitative estimate of drug-likeness (QED) is 0.447. The van der Waals surface area contributed by atoms with E-state index in [1.165, 1.54) is 0 Å². The van der Waals surface area contributed by atoms with Crippen LogP contribution in [0.4, 0.5) is 0 Å². The van der Waals surface area contributed by atoms with Crippen LogP contribution in [0.2, 0.25) is 0 Å². The third kappa shape index (κ3) is 3.45. The molecule has 0 saturated carbocycles. The number of alkyl halides is 3. The molecule has 0 aliphatic rings. The molecule has 0 unspecified atom stereocenters. The first-order valence-corrected chi connectivity index (χ1v) is 5.16. The smallest absolute Gasteiger partial charge is 0.148 e. The minimum Gasteiger partial charge on any atom is -0.148 e. The first kappa shape index (κ1) is 11.8. The van der Waals surface area contributed by atoms with Crippen LogP contribution in [0.15, 0.2) is 35.5 Å². The van der Waals surface area contributed by atoms with Crippen LogP contribution < -0.4 is 0 Å². The van der Waals surface area contributed by atoms with Gasteiger partial charge in [0.25, 0.3) is 0 Å². The highest BCUT2D eigenvalue weighted by molar-refractivity contribution is 6.48. The largest absolute Gasteiger partial charge is 0.250 e. The Morgan fingerprint density at radius 3 is 2.36 bits per heavy atom. The second-order valence-electron chi connectivity index (χ2n) is 2.84. The Hall–Kier alpha value is -0.310. The lowest BCUT2D eigenvalue weighted by molar-refractivity contribution is 0.698. The average Bonchev–Trinajstić information content (AvgIpc) is 2.19. The van der Waals surface area contributed by atoms with Crippen molar-refractivity contribution in [1.29, 1.82) is 0 Å². The number of hydrogen-bond donors (Lipinski definition) is 0. The molecule has 0 N–H and O–H groups in total. The summed E-state index contributed by atoms with van der Waals surface area (Å²) in [6.07, 6.45) is 0.0885. The highest BCUT2D eigenvalue weighted by Gasteiger charge is 2.29. The van der Waals surface area contributed by atoms with Gasteiger partial charge in [0.1, 0.15) is 0 Å². The van der Waals surface area contributed by atoms with Crippen LogP contribution in [0.3, 0.4) is 0 Å². The molecule has 2 nitrogen and oxygen atoms in total. The van der Waals surface area contributed by atoms with Crippen molar-refractivity contribution in [3.05, 3.63) is 40.8 Å². The van der Waals surface area contributed by atoms with E-state index in [1.807, 2.05) is 30.3 Å². The molecule has 0 aliphatic heterocycles. The maximum Gasteiger partial charge on any atom is 0.250 e. The fourth-order valence-corrected chi connectivity index (χ4v) is 1.87. The molecule has 76 valence electrons. The number of halogens is 3. The summed E-state index contributed by atoms with van der Waals surface area (Å²) in [6.45, 7) is 0. The Kier molecular flexibility index (Phi) is 4.17. The van der Waals surface area contributed by atoms with Gasteiger partial charge in [-0.1, -0.05) is 53.5 Å². The van der Waals surface area contributed by atoms with Gasteiger partial charge in [-0.05, 0) is 10.7 Å². The Balaban J connectivity index is 2.68. The first-order chi connectivity index (χ1) is 6.55. The van der Waals surface area contributed by atoms with Crippen LogP contribution in [-0.2, 0) is 0 Å². The van der Waals surface area contributed by atoms with Crippen LogP contribution in [0.5, 0.6) is 0 Å². The van der Waals surface area contributed by atoms with E-state index in [0.29, 0.717) is 0 Å². The average molecular weight is 253 g/mol. The van der Waals surface area contributed by atoms with Crippen molar-refractivity contribution in [2.75, 3.05) is 0 Å². The number of hydrogen-bond acceptors (Lipinski definition) is 2. The maximum atomic E-state index is 10.2. The highest BCUT2D eigenvalue weighted by Crippen LogP contribution is 2.36. The number of benzene rings is 1. The van der Waals surface area contributed by atoms with E-state index < -0.39 is 9.83 Å². The summed E-state index contributed by atoms with van der Waals surface area (Å²) >= 11 is 17.1. The molecule has 14 heavy (non-hydrogen) atoms. The molecule has 0 heterocycles. The molecule has 0 aliphatic carbocycles. The van der Waals surface area contributed by atoms with Gasteiger partial charge in [0.05, 0.1) is 5.38 Å². The van der Waals surface area contributed by atoms with Crippen molar-refractivity contribution in [2.24, 2.45) is 5.18 Å². The molecule has 1 rings (SSSR count). The lowest BCUT2D eigenvalue weighted by atomic mass is 10.1. The molecule has 0 aromatic heterocycles. The Bertz CT molecular complexity index is 302. The van der Waals surface area contributed by atoms with Gasteiger partial charge in [-0.3, -0.25) is 0 Å².